The predicted molar refractivity (Wildman–Crippen MR) is 111 cm³/mol. The fourth-order valence-corrected chi connectivity index (χ4v) is 4.94. The van der Waals surface area contributed by atoms with Gasteiger partial charge < -0.3 is 5.32 Å². The Morgan fingerprint density at radius 2 is 1.78 bits per heavy atom. The summed E-state index contributed by atoms with van der Waals surface area (Å²) in [6.45, 7) is 0.405. The monoisotopic (exact) mass is 444 g/mol. The molecule has 1 saturated heterocycles. The van der Waals surface area contributed by atoms with E-state index in [0.717, 1.165) is 0 Å². The molecular formula is C18H15Cl3N2O3S. The second kappa shape index (κ2) is 8.10. The number of rotatable bonds is 4. The Kier molecular flexibility index (Phi) is 6.01. The number of amides is 1. The van der Waals surface area contributed by atoms with Gasteiger partial charge in [0.25, 0.3) is 0 Å². The fourth-order valence-electron chi connectivity index (χ4n) is 2.70. The third-order valence-electron chi connectivity index (χ3n) is 4.00. The third kappa shape index (κ3) is 4.58. The largest absolute Gasteiger partial charge is 0.321 e. The number of benzene rings is 2. The van der Waals surface area contributed by atoms with Crippen LogP contribution in [0.2, 0.25) is 15.1 Å². The molecule has 2 aromatic rings. The molecule has 1 amide bonds. The summed E-state index contributed by atoms with van der Waals surface area (Å²) in [5, 5.41) is 3.79. The van der Waals surface area contributed by atoms with Gasteiger partial charge in [-0.3, -0.25) is 9.10 Å². The van der Waals surface area contributed by atoms with E-state index in [-0.39, 0.29) is 5.75 Å². The lowest BCUT2D eigenvalue weighted by atomic mass is 10.2. The van der Waals surface area contributed by atoms with E-state index in [1.807, 2.05) is 0 Å². The van der Waals surface area contributed by atoms with Crippen molar-refractivity contribution in [3.8, 4) is 0 Å². The van der Waals surface area contributed by atoms with Crippen LogP contribution in [0.1, 0.15) is 12.0 Å². The maximum atomic E-state index is 12.2. The summed E-state index contributed by atoms with van der Waals surface area (Å²) in [5.74, 6) is -0.340. The molecule has 5 nitrogen and oxygen atoms in total. The summed E-state index contributed by atoms with van der Waals surface area (Å²) >= 11 is 18.3. The third-order valence-corrected chi connectivity index (χ3v) is 6.85. The highest BCUT2D eigenvalue weighted by Gasteiger charge is 2.28. The molecule has 142 valence electrons. The first-order chi connectivity index (χ1) is 12.8. The molecule has 0 unspecified atom stereocenters. The molecule has 0 spiro atoms. The molecule has 1 N–H and O–H groups in total. The number of nitrogens with one attached hydrogen (secondary N) is 1. The zero-order chi connectivity index (χ0) is 19.6. The maximum Gasteiger partial charge on any atom is 0.248 e. The Labute approximate surface area is 172 Å². The molecule has 1 aliphatic heterocycles. The van der Waals surface area contributed by atoms with Gasteiger partial charge in [-0.05, 0) is 42.8 Å². The van der Waals surface area contributed by atoms with Gasteiger partial charge in [-0.1, -0.05) is 40.9 Å². The van der Waals surface area contributed by atoms with Gasteiger partial charge in [-0.2, -0.15) is 0 Å². The average Bonchev–Trinajstić information content (AvgIpc) is 2.95. The zero-order valence-corrected chi connectivity index (χ0v) is 17.0. The first-order valence-electron chi connectivity index (χ1n) is 8.01. The van der Waals surface area contributed by atoms with Crippen LogP contribution in [-0.2, 0) is 14.8 Å². The number of carbonyl (C=O) groups is 1. The minimum atomic E-state index is -3.32. The van der Waals surface area contributed by atoms with Crippen molar-refractivity contribution in [3.05, 3.63) is 63.1 Å². The molecule has 9 heteroatoms. The summed E-state index contributed by atoms with van der Waals surface area (Å²) in [5.41, 5.74) is 1.31. The van der Waals surface area contributed by atoms with Crippen molar-refractivity contribution in [2.45, 2.75) is 6.42 Å². The summed E-state index contributed by atoms with van der Waals surface area (Å²) in [6.07, 6.45) is 3.35. The SMILES string of the molecule is O=C(C=Cc1c(Cl)cccc1Cl)Nc1cc(N2CCCS2(=O)=O)ccc1Cl. The number of hydrogen-bond donors (Lipinski definition) is 1. The molecule has 27 heavy (non-hydrogen) atoms. The lowest BCUT2D eigenvalue weighted by Gasteiger charge is -2.18. The number of carbonyl (C=O) groups excluding carboxylic acids is 1. The van der Waals surface area contributed by atoms with E-state index >= 15 is 0 Å². The van der Waals surface area contributed by atoms with Crippen molar-refractivity contribution in [2.75, 3.05) is 21.9 Å². The van der Waals surface area contributed by atoms with E-state index in [9.17, 15) is 13.2 Å². The van der Waals surface area contributed by atoms with Crippen molar-refractivity contribution in [1.82, 2.24) is 0 Å². The molecule has 1 fully saturated rings. The van der Waals surface area contributed by atoms with Gasteiger partial charge in [0.2, 0.25) is 15.9 Å². The lowest BCUT2D eigenvalue weighted by molar-refractivity contribution is -0.111. The highest BCUT2D eigenvalue weighted by atomic mass is 35.5. The Morgan fingerprint density at radius 1 is 1.07 bits per heavy atom. The molecule has 0 aliphatic carbocycles. The molecule has 1 aliphatic rings. The average molecular weight is 446 g/mol. The number of halogens is 3. The highest BCUT2D eigenvalue weighted by molar-refractivity contribution is 7.93. The van der Waals surface area contributed by atoms with E-state index < -0.39 is 15.9 Å². The molecule has 0 atom stereocenters. The quantitative estimate of drug-likeness (QED) is 0.685. The van der Waals surface area contributed by atoms with Gasteiger partial charge in [0.1, 0.15) is 0 Å². The number of nitrogens with zero attached hydrogens (tertiary/aromatic N) is 1. The van der Waals surface area contributed by atoms with Gasteiger partial charge >= 0.3 is 0 Å². The van der Waals surface area contributed by atoms with Gasteiger partial charge in [-0.25, -0.2) is 8.42 Å². The number of anilines is 2. The molecule has 3 rings (SSSR count). The number of hydrogen-bond acceptors (Lipinski definition) is 3. The normalized spacial score (nSPS) is 16.0. The van der Waals surface area contributed by atoms with Gasteiger partial charge in [0.05, 0.1) is 22.2 Å². The summed E-state index contributed by atoms with van der Waals surface area (Å²) in [4.78, 5) is 12.2. The van der Waals surface area contributed by atoms with Crippen molar-refractivity contribution in [2.24, 2.45) is 0 Å². The summed E-state index contributed by atoms with van der Waals surface area (Å²) < 4.78 is 25.5. The van der Waals surface area contributed by atoms with E-state index in [1.165, 1.54) is 16.5 Å². The maximum absolute atomic E-state index is 12.2. The smallest absolute Gasteiger partial charge is 0.248 e. The van der Waals surface area contributed by atoms with Crippen LogP contribution in [-0.4, -0.2) is 26.6 Å². The Bertz CT molecular complexity index is 1000. The van der Waals surface area contributed by atoms with Crippen LogP contribution in [0, 0.1) is 0 Å². The molecule has 0 aromatic heterocycles. The van der Waals surface area contributed by atoms with E-state index in [1.54, 1.807) is 36.4 Å². The van der Waals surface area contributed by atoms with Crippen LogP contribution in [0.3, 0.4) is 0 Å². The second-order valence-corrected chi connectivity index (χ2v) is 9.10. The van der Waals surface area contributed by atoms with E-state index in [4.69, 9.17) is 34.8 Å². The van der Waals surface area contributed by atoms with Crippen LogP contribution in [0.4, 0.5) is 11.4 Å². The van der Waals surface area contributed by atoms with Crippen molar-refractivity contribution in [3.63, 3.8) is 0 Å². The molecular weight excluding hydrogens is 431 g/mol. The van der Waals surface area contributed by atoms with Gasteiger partial charge in [0.15, 0.2) is 0 Å². The van der Waals surface area contributed by atoms with Crippen LogP contribution in [0.5, 0.6) is 0 Å². The molecule has 2 aromatic carbocycles. The molecule has 1 heterocycles. The Morgan fingerprint density at radius 3 is 2.41 bits per heavy atom. The molecule has 0 radical (unpaired) electrons. The first kappa shape index (κ1) is 20.0. The first-order valence-corrected chi connectivity index (χ1v) is 10.8. The molecule has 0 saturated carbocycles. The minimum absolute atomic E-state index is 0.110. The second-order valence-electron chi connectivity index (χ2n) is 5.86. The van der Waals surface area contributed by atoms with Crippen molar-refractivity contribution in [1.29, 1.82) is 0 Å². The summed E-state index contributed by atoms with van der Waals surface area (Å²) in [6, 6.07) is 9.75. The van der Waals surface area contributed by atoms with E-state index in [2.05, 4.69) is 5.32 Å². The highest BCUT2D eigenvalue weighted by Crippen LogP contribution is 2.31. The van der Waals surface area contributed by atoms with Crippen molar-refractivity contribution >= 4 is 68.2 Å². The standard InChI is InChI=1S/C18H15Cl3N2O3S/c19-14-3-1-4-15(20)13(14)6-8-18(24)22-17-11-12(5-7-16(17)21)23-9-2-10-27(23,25)26/h1,3-8,11H,2,9-10H2,(H,22,24). The van der Waals surface area contributed by atoms with Crippen LogP contribution < -0.4 is 9.62 Å². The van der Waals surface area contributed by atoms with E-state index in [0.29, 0.717) is 45.0 Å². The van der Waals surface area contributed by atoms with Crippen LogP contribution in [0.25, 0.3) is 6.08 Å². The van der Waals surface area contributed by atoms with Crippen LogP contribution >= 0.6 is 34.8 Å². The fraction of sp³-hybridized carbons (Fsp3) is 0.167. The zero-order valence-electron chi connectivity index (χ0n) is 14.0. The summed E-state index contributed by atoms with van der Waals surface area (Å²) in [7, 11) is -3.32. The van der Waals surface area contributed by atoms with Crippen molar-refractivity contribution < 1.29 is 13.2 Å². The minimum Gasteiger partial charge on any atom is -0.321 e. The van der Waals surface area contributed by atoms with Crippen LogP contribution in [0.15, 0.2) is 42.5 Å². The Hall–Kier alpha value is -1.73. The lowest BCUT2D eigenvalue weighted by Crippen LogP contribution is -2.25. The topological polar surface area (TPSA) is 66.5 Å². The van der Waals surface area contributed by atoms with Gasteiger partial charge in [0, 0.05) is 28.2 Å². The molecule has 0 bridgehead atoms. The van der Waals surface area contributed by atoms with Gasteiger partial charge in [-0.15, -0.1) is 0 Å². The predicted octanol–water partition coefficient (Wildman–Crippen LogP) is 4.84. The Balaban J connectivity index is 1.80. The number of sulfonamides is 1.